The van der Waals surface area contributed by atoms with Gasteiger partial charge in [0.05, 0.1) is 12.9 Å². The minimum atomic E-state index is -1.18. The molecule has 0 saturated carbocycles. The Morgan fingerprint density at radius 1 is 1.22 bits per heavy atom. The van der Waals surface area contributed by atoms with Gasteiger partial charge in [0, 0.05) is 10.9 Å². The summed E-state index contributed by atoms with van der Waals surface area (Å²) in [6.45, 7) is -0.378. The molecule has 8 nitrogen and oxygen atoms in total. The quantitative estimate of drug-likeness (QED) is 0.625. The largest absolute Gasteiger partial charge is 0.394 e. The van der Waals surface area contributed by atoms with E-state index in [4.69, 9.17) is 4.74 Å². The van der Waals surface area contributed by atoms with Gasteiger partial charge in [0.2, 0.25) is 0 Å². The topological polar surface area (TPSA) is 114 Å². The number of nitrogens with zero attached hydrogens (tertiary/aromatic N) is 4. The van der Waals surface area contributed by atoms with Crippen molar-refractivity contribution < 1.29 is 20.1 Å². The number of imidazole rings is 1. The molecule has 0 aliphatic carbocycles. The molecule has 4 unspecified atom stereocenters. The van der Waals surface area contributed by atoms with Crippen molar-refractivity contribution in [3.63, 3.8) is 0 Å². The second kappa shape index (κ2) is 5.62. The van der Waals surface area contributed by atoms with Crippen molar-refractivity contribution in [3.05, 3.63) is 29.5 Å². The molecule has 4 rings (SSSR count). The van der Waals surface area contributed by atoms with E-state index in [-0.39, 0.29) is 6.61 Å². The van der Waals surface area contributed by atoms with Crippen molar-refractivity contribution in [3.8, 4) is 11.3 Å². The molecular formula is C14H14N4O4S. The summed E-state index contributed by atoms with van der Waals surface area (Å²) < 4.78 is 7.08. The van der Waals surface area contributed by atoms with Crippen LogP contribution in [0, 0.1) is 0 Å². The lowest BCUT2D eigenvalue weighted by Gasteiger charge is -2.16. The lowest BCUT2D eigenvalue weighted by Crippen LogP contribution is -2.33. The summed E-state index contributed by atoms with van der Waals surface area (Å²) in [5.41, 5.74) is 2.72. The smallest absolute Gasteiger partial charge is 0.166 e. The van der Waals surface area contributed by atoms with Gasteiger partial charge in [-0.25, -0.2) is 15.0 Å². The summed E-state index contributed by atoms with van der Waals surface area (Å²) in [5, 5.41) is 33.2. The second-order valence-electron chi connectivity index (χ2n) is 5.29. The van der Waals surface area contributed by atoms with Gasteiger partial charge in [-0.1, -0.05) is 0 Å². The van der Waals surface area contributed by atoms with Gasteiger partial charge in [0.15, 0.2) is 11.9 Å². The Morgan fingerprint density at radius 3 is 2.78 bits per heavy atom. The molecule has 3 aromatic rings. The Labute approximate surface area is 134 Å². The van der Waals surface area contributed by atoms with Gasteiger partial charge in [0.1, 0.15) is 35.8 Å². The van der Waals surface area contributed by atoms with E-state index in [2.05, 4.69) is 15.0 Å². The van der Waals surface area contributed by atoms with Crippen LogP contribution in [0.1, 0.15) is 6.23 Å². The molecule has 1 aliphatic rings. The average molecular weight is 334 g/mol. The third-order valence-corrected chi connectivity index (χ3v) is 4.63. The first kappa shape index (κ1) is 14.7. The zero-order valence-electron chi connectivity index (χ0n) is 11.9. The van der Waals surface area contributed by atoms with Crippen molar-refractivity contribution in [1.29, 1.82) is 0 Å². The van der Waals surface area contributed by atoms with E-state index in [0.717, 1.165) is 5.56 Å². The molecule has 23 heavy (non-hydrogen) atoms. The lowest BCUT2D eigenvalue weighted by atomic mass is 10.1. The van der Waals surface area contributed by atoms with E-state index >= 15 is 0 Å². The zero-order chi connectivity index (χ0) is 16.0. The van der Waals surface area contributed by atoms with Gasteiger partial charge < -0.3 is 20.1 Å². The van der Waals surface area contributed by atoms with Gasteiger partial charge >= 0.3 is 0 Å². The number of thiophene rings is 1. The van der Waals surface area contributed by atoms with Gasteiger partial charge in [-0.3, -0.25) is 4.57 Å². The van der Waals surface area contributed by atoms with E-state index in [1.165, 1.54) is 12.7 Å². The van der Waals surface area contributed by atoms with Crippen molar-refractivity contribution in [2.24, 2.45) is 0 Å². The molecule has 3 aromatic heterocycles. The number of aliphatic hydroxyl groups excluding tert-OH is 3. The fourth-order valence-corrected chi connectivity index (χ4v) is 3.40. The van der Waals surface area contributed by atoms with Crippen LogP contribution in [0.5, 0.6) is 0 Å². The standard InChI is InChI=1S/C14H14N4O4S/c19-3-8-11(20)12(21)14(22-8)18-6-17-10-9(7-1-2-23-4-7)15-5-16-13(10)18/h1-2,4-6,8,11-12,14,19-21H,3H2. The minimum Gasteiger partial charge on any atom is -0.394 e. The normalized spacial score (nSPS) is 27.8. The van der Waals surface area contributed by atoms with Crippen molar-refractivity contribution >= 4 is 22.5 Å². The van der Waals surface area contributed by atoms with Crippen LogP contribution in [-0.4, -0.2) is 59.8 Å². The van der Waals surface area contributed by atoms with Crippen LogP contribution < -0.4 is 0 Å². The molecule has 4 atom stereocenters. The van der Waals surface area contributed by atoms with Crippen molar-refractivity contribution in [1.82, 2.24) is 19.5 Å². The third-order valence-electron chi connectivity index (χ3n) is 3.94. The maximum atomic E-state index is 10.2. The monoisotopic (exact) mass is 334 g/mol. The number of aromatic nitrogens is 4. The molecule has 0 aromatic carbocycles. The first-order valence-corrected chi connectivity index (χ1v) is 7.97. The Morgan fingerprint density at radius 2 is 2.09 bits per heavy atom. The molecule has 3 N–H and O–H groups in total. The SMILES string of the molecule is OCC1OC(n2cnc3c(-c4ccsc4)ncnc32)C(O)C1O. The van der Waals surface area contributed by atoms with Crippen LogP contribution in [0.4, 0.5) is 0 Å². The second-order valence-corrected chi connectivity index (χ2v) is 6.07. The van der Waals surface area contributed by atoms with Crippen LogP contribution in [0.3, 0.4) is 0 Å². The lowest BCUT2D eigenvalue weighted by molar-refractivity contribution is -0.0511. The molecule has 1 fully saturated rings. The highest BCUT2D eigenvalue weighted by molar-refractivity contribution is 7.08. The highest BCUT2D eigenvalue weighted by Gasteiger charge is 2.44. The molecule has 0 radical (unpaired) electrons. The third kappa shape index (κ3) is 2.25. The Hall–Kier alpha value is -1.91. The van der Waals surface area contributed by atoms with Gasteiger partial charge in [-0.2, -0.15) is 11.3 Å². The predicted molar refractivity (Wildman–Crippen MR) is 81.6 cm³/mol. The predicted octanol–water partition coefficient (Wildman–Crippen LogP) is 0.166. The van der Waals surface area contributed by atoms with Crippen molar-refractivity contribution in [2.75, 3.05) is 6.61 Å². The fraction of sp³-hybridized carbons (Fsp3) is 0.357. The molecule has 0 bridgehead atoms. The fourth-order valence-electron chi connectivity index (χ4n) is 2.76. The number of fused-ring (bicyclic) bond motifs is 1. The Balaban J connectivity index is 1.80. The first-order chi connectivity index (χ1) is 11.2. The van der Waals surface area contributed by atoms with Crippen LogP contribution in [0.15, 0.2) is 29.5 Å². The Kier molecular flexibility index (Phi) is 3.58. The van der Waals surface area contributed by atoms with Crippen LogP contribution in [-0.2, 0) is 4.74 Å². The molecule has 4 heterocycles. The summed E-state index contributed by atoms with van der Waals surface area (Å²) >= 11 is 1.56. The molecule has 9 heteroatoms. The molecule has 1 aliphatic heterocycles. The summed E-state index contributed by atoms with van der Waals surface area (Å²) in [4.78, 5) is 12.8. The van der Waals surface area contributed by atoms with Crippen LogP contribution in [0.25, 0.3) is 22.4 Å². The molecule has 120 valence electrons. The maximum absolute atomic E-state index is 10.2. The number of hydrogen-bond donors (Lipinski definition) is 3. The van der Waals surface area contributed by atoms with E-state index in [9.17, 15) is 15.3 Å². The van der Waals surface area contributed by atoms with Crippen molar-refractivity contribution in [2.45, 2.75) is 24.5 Å². The Bertz CT molecular complexity index is 821. The summed E-state index contributed by atoms with van der Waals surface area (Å²) in [6.07, 6.45) is -1.13. The minimum absolute atomic E-state index is 0.378. The summed E-state index contributed by atoms with van der Waals surface area (Å²) in [6, 6.07) is 1.94. The van der Waals surface area contributed by atoms with Gasteiger partial charge in [-0.05, 0) is 11.4 Å². The zero-order valence-corrected chi connectivity index (χ0v) is 12.7. The van der Waals surface area contributed by atoms with Gasteiger partial charge in [-0.15, -0.1) is 0 Å². The molecule has 0 amide bonds. The summed E-state index contributed by atoms with van der Waals surface area (Å²) in [5.74, 6) is 0. The number of aliphatic hydroxyl groups is 3. The first-order valence-electron chi connectivity index (χ1n) is 7.03. The maximum Gasteiger partial charge on any atom is 0.166 e. The van der Waals surface area contributed by atoms with E-state index in [0.29, 0.717) is 16.9 Å². The average Bonchev–Trinajstić information content (AvgIpc) is 3.28. The van der Waals surface area contributed by atoms with E-state index < -0.39 is 24.5 Å². The summed E-state index contributed by atoms with van der Waals surface area (Å²) in [7, 11) is 0. The van der Waals surface area contributed by atoms with Crippen LogP contribution >= 0.6 is 11.3 Å². The number of hydrogen-bond acceptors (Lipinski definition) is 8. The number of ether oxygens (including phenoxy) is 1. The highest BCUT2D eigenvalue weighted by atomic mass is 32.1. The number of rotatable bonds is 3. The van der Waals surface area contributed by atoms with E-state index in [1.54, 1.807) is 15.9 Å². The molecule has 1 saturated heterocycles. The van der Waals surface area contributed by atoms with Gasteiger partial charge in [0.25, 0.3) is 0 Å². The highest BCUT2D eigenvalue weighted by Crippen LogP contribution is 2.33. The molecule has 0 spiro atoms. The van der Waals surface area contributed by atoms with Crippen LogP contribution in [0.2, 0.25) is 0 Å². The van der Waals surface area contributed by atoms with E-state index in [1.807, 2.05) is 16.8 Å². The molecular weight excluding hydrogens is 320 g/mol.